The molecule has 0 nitrogen and oxygen atoms in total. The SMILES string of the molecule is Cc1ccc2c3c1C=CC1=CC=CC(=CC2)C13. The molecule has 1 unspecified atom stereocenters. The zero-order valence-electron chi connectivity index (χ0n) is 9.90. The summed E-state index contributed by atoms with van der Waals surface area (Å²) in [6.45, 7) is 2.21. The summed E-state index contributed by atoms with van der Waals surface area (Å²) in [5.74, 6) is 0.503. The minimum Gasteiger partial charge on any atom is -0.0759 e. The molecule has 0 saturated carbocycles. The van der Waals surface area contributed by atoms with Crippen molar-refractivity contribution in [3.63, 3.8) is 0 Å². The van der Waals surface area contributed by atoms with Crippen LogP contribution < -0.4 is 0 Å². The topological polar surface area (TPSA) is 0 Å². The first-order chi connectivity index (χ1) is 8.34. The number of hydrogen-bond acceptors (Lipinski definition) is 0. The average Bonchev–Trinajstić information content (AvgIpc) is 2.38. The van der Waals surface area contributed by atoms with Gasteiger partial charge in [-0.3, -0.25) is 0 Å². The molecule has 0 radical (unpaired) electrons. The van der Waals surface area contributed by atoms with Gasteiger partial charge in [-0.1, -0.05) is 48.6 Å². The Morgan fingerprint density at radius 3 is 2.94 bits per heavy atom. The fraction of sp³-hybridized carbons (Fsp3) is 0.176. The third-order valence-corrected chi connectivity index (χ3v) is 4.13. The molecule has 1 atom stereocenters. The van der Waals surface area contributed by atoms with Gasteiger partial charge in [-0.05, 0) is 46.7 Å². The van der Waals surface area contributed by atoms with Crippen molar-refractivity contribution in [1.29, 1.82) is 0 Å². The Hall–Kier alpha value is -1.82. The van der Waals surface area contributed by atoms with E-state index >= 15 is 0 Å². The van der Waals surface area contributed by atoms with Crippen LogP contribution in [0.25, 0.3) is 6.08 Å². The van der Waals surface area contributed by atoms with Crippen molar-refractivity contribution in [2.45, 2.75) is 19.3 Å². The lowest BCUT2D eigenvalue weighted by atomic mass is 9.70. The lowest BCUT2D eigenvalue weighted by Gasteiger charge is -2.33. The van der Waals surface area contributed by atoms with Crippen LogP contribution in [0, 0.1) is 6.92 Å². The second-order valence-corrected chi connectivity index (χ2v) is 5.07. The molecular formula is C17H14. The standard InChI is InChI=1S/C17H14/c1-11-5-6-14-8-7-12-3-2-4-13-9-10-15(11)17(14)16(12)13/h2-7,9-10,16H,8H2,1H3. The third kappa shape index (κ3) is 1.13. The van der Waals surface area contributed by atoms with Crippen LogP contribution in [-0.2, 0) is 6.42 Å². The maximum absolute atomic E-state index is 2.38. The van der Waals surface area contributed by atoms with Crippen molar-refractivity contribution in [3.05, 3.63) is 75.9 Å². The van der Waals surface area contributed by atoms with Crippen LogP contribution in [0.1, 0.15) is 28.2 Å². The van der Waals surface area contributed by atoms with E-state index in [0.29, 0.717) is 5.92 Å². The molecule has 0 aliphatic heterocycles. The molecule has 82 valence electrons. The maximum atomic E-state index is 2.38. The quantitative estimate of drug-likeness (QED) is 0.615. The molecule has 0 spiro atoms. The molecule has 0 aromatic heterocycles. The van der Waals surface area contributed by atoms with Crippen LogP contribution in [0.15, 0.2) is 53.7 Å². The molecule has 4 rings (SSSR count). The first-order valence-corrected chi connectivity index (χ1v) is 6.23. The second-order valence-electron chi connectivity index (χ2n) is 5.07. The predicted molar refractivity (Wildman–Crippen MR) is 72.0 cm³/mol. The van der Waals surface area contributed by atoms with Gasteiger partial charge in [0.15, 0.2) is 0 Å². The van der Waals surface area contributed by atoms with Crippen molar-refractivity contribution >= 4 is 6.08 Å². The maximum Gasteiger partial charge on any atom is 0.0345 e. The number of rotatable bonds is 0. The highest BCUT2D eigenvalue weighted by molar-refractivity contribution is 5.73. The lowest BCUT2D eigenvalue weighted by Crippen LogP contribution is -2.17. The average molecular weight is 218 g/mol. The normalized spacial score (nSPS) is 23.0. The van der Waals surface area contributed by atoms with Crippen LogP contribution in [0.2, 0.25) is 0 Å². The molecule has 0 heteroatoms. The Labute approximate surface area is 102 Å². The van der Waals surface area contributed by atoms with Crippen LogP contribution in [0.3, 0.4) is 0 Å². The minimum absolute atomic E-state index is 0.503. The van der Waals surface area contributed by atoms with Crippen molar-refractivity contribution in [2.75, 3.05) is 0 Å². The number of hydrogen-bond donors (Lipinski definition) is 0. The second kappa shape index (κ2) is 3.10. The van der Waals surface area contributed by atoms with Gasteiger partial charge in [0, 0.05) is 5.92 Å². The van der Waals surface area contributed by atoms with Crippen LogP contribution in [0.4, 0.5) is 0 Å². The molecule has 0 saturated heterocycles. The molecular weight excluding hydrogens is 204 g/mol. The minimum atomic E-state index is 0.503. The summed E-state index contributed by atoms with van der Waals surface area (Å²) >= 11 is 0. The fourth-order valence-corrected chi connectivity index (χ4v) is 3.26. The van der Waals surface area contributed by atoms with Gasteiger partial charge in [0.2, 0.25) is 0 Å². The van der Waals surface area contributed by atoms with Gasteiger partial charge in [-0.15, -0.1) is 0 Å². The first kappa shape index (κ1) is 9.23. The fourth-order valence-electron chi connectivity index (χ4n) is 3.26. The van der Waals surface area contributed by atoms with Gasteiger partial charge in [0.1, 0.15) is 0 Å². The largest absolute Gasteiger partial charge is 0.0759 e. The summed E-state index contributed by atoms with van der Waals surface area (Å²) in [6, 6.07) is 4.56. The summed E-state index contributed by atoms with van der Waals surface area (Å²) in [6.07, 6.45) is 14.7. The molecule has 0 amide bonds. The summed E-state index contributed by atoms with van der Waals surface area (Å²) in [5, 5.41) is 0. The van der Waals surface area contributed by atoms with Gasteiger partial charge >= 0.3 is 0 Å². The van der Waals surface area contributed by atoms with Crippen molar-refractivity contribution < 1.29 is 0 Å². The summed E-state index contributed by atoms with van der Waals surface area (Å²) < 4.78 is 0. The van der Waals surface area contributed by atoms with Crippen LogP contribution in [0.5, 0.6) is 0 Å². The summed E-state index contributed by atoms with van der Waals surface area (Å²) in [7, 11) is 0. The Morgan fingerprint density at radius 1 is 1.06 bits per heavy atom. The van der Waals surface area contributed by atoms with E-state index in [1.165, 1.54) is 27.8 Å². The Kier molecular flexibility index (Phi) is 1.69. The van der Waals surface area contributed by atoms with Crippen molar-refractivity contribution in [3.8, 4) is 0 Å². The van der Waals surface area contributed by atoms with Crippen LogP contribution >= 0.6 is 0 Å². The van der Waals surface area contributed by atoms with E-state index in [2.05, 4.69) is 55.5 Å². The molecule has 3 aliphatic rings. The van der Waals surface area contributed by atoms with Gasteiger partial charge in [-0.2, -0.15) is 0 Å². The van der Waals surface area contributed by atoms with E-state index in [1.807, 2.05) is 0 Å². The van der Waals surface area contributed by atoms with E-state index in [0.717, 1.165) is 6.42 Å². The van der Waals surface area contributed by atoms with E-state index < -0.39 is 0 Å². The Balaban J connectivity index is 2.09. The van der Waals surface area contributed by atoms with Crippen LogP contribution in [-0.4, -0.2) is 0 Å². The van der Waals surface area contributed by atoms with Crippen molar-refractivity contribution in [1.82, 2.24) is 0 Å². The Morgan fingerprint density at radius 2 is 2.00 bits per heavy atom. The summed E-state index contributed by atoms with van der Waals surface area (Å²) in [5.41, 5.74) is 8.83. The Bertz CT molecular complexity index is 636. The number of allylic oxidation sites excluding steroid dienone is 7. The van der Waals surface area contributed by atoms with Crippen molar-refractivity contribution in [2.24, 2.45) is 0 Å². The smallest absolute Gasteiger partial charge is 0.0345 e. The molecule has 0 N–H and O–H groups in total. The van der Waals surface area contributed by atoms with E-state index in [4.69, 9.17) is 0 Å². The highest BCUT2D eigenvalue weighted by Gasteiger charge is 2.30. The molecule has 0 fully saturated rings. The zero-order chi connectivity index (χ0) is 11.4. The van der Waals surface area contributed by atoms with E-state index in [-0.39, 0.29) is 0 Å². The van der Waals surface area contributed by atoms with E-state index in [1.54, 1.807) is 5.56 Å². The highest BCUT2D eigenvalue weighted by atomic mass is 14.3. The lowest BCUT2D eigenvalue weighted by molar-refractivity contribution is 0.889. The molecule has 0 bridgehead atoms. The van der Waals surface area contributed by atoms with Gasteiger partial charge in [0.05, 0.1) is 0 Å². The summed E-state index contributed by atoms with van der Waals surface area (Å²) in [4.78, 5) is 0. The molecule has 3 aliphatic carbocycles. The number of benzene rings is 1. The van der Waals surface area contributed by atoms with Gasteiger partial charge in [0.25, 0.3) is 0 Å². The monoisotopic (exact) mass is 218 g/mol. The number of aryl methyl sites for hydroxylation is 1. The van der Waals surface area contributed by atoms with Gasteiger partial charge in [-0.25, -0.2) is 0 Å². The third-order valence-electron chi connectivity index (χ3n) is 4.13. The molecule has 1 aromatic carbocycles. The van der Waals surface area contributed by atoms with Gasteiger partial charge < -0.3 is 0 Å². The molecule has 0 heterocycles. The van der Waals surface area contributed by atoms with E-state index in [9.17, 15) is 0 Å². The highest BCUT2D eigenvalue weighted by Crippen LogP contribution is 2.46. The molecule has 1 aromatic rings. The first-order valence-electron chi connectivity index (χ1n) is 6.23. The predicted octanol–water partition coefficient (Wildman–Crippen LogP) is 4.08. The zero-order valence-corrected chi connectivity index (χ0v) is 9.90. The molecule has 17 heavy (non-hydrogen) atoms.